The normalized spacial score (nSPS) is 19.5. The van der Waals surface area contributed by atoms with Crippen LogP contribution < -0.4 is 5.32 Å². The lowest BCUT2D eigenvalue weighted by molar-refractivity contribution is -0.00425. The maximum absolute atomic E-state index is 13.7. The molecule has 0 aromatic heterocycles. The fraction of sp³-hybridized carbons (Fsp3) is 0.562. The fourth-order valence-electron chi connectivity index (χ4n) is 2.68. The number of nitrogens with one attached hydrogen (secondary N) is 1. The lowest BCUT2D eigenvalue weighted by Gasteiger charge is -2.36. The van der Waals surface area contributed by atoms with Gasteiger partial charge in [-0.05, 0) is 31.9 Å². The van der Waals surface area contributed by atoms with Crippen molar-refractivity contribution >= 4 is 17.6 Å². The standard InChI is InChI=1S/C16H22ClFN2O3/c1-11(21)9-12-10-23-8-7-20(12)16(22)19-6-5-13-14(17)3-2-4-15(13)18/h2-4,11-12,21H,5-10H2,1H3,(H,19,22)/t11-,12-/m1/s1. The number of benzene rings is 1. The molecule has 1 saturated heterocycles. The summed E-state index contributed by atoms with van der Waals surface area (Å²) in [6.45, 7) is 3.34. The van der Waals surface area contributed by atoms with Crippen molar-refractivity contribution in [1.82, 2.24) is 10.2 Å². The van der Waals surface area contributed by atoms with Crippen LogP contribution in [0.15, 0.2) is 18.2 Å². The van der Waals surface area contributed by atoms with Crippen LogP contribution in [0.5, 0.6) is 0 Å². The molecule has 1 aliphatic rings. The van der Waals surface area contributed by atoms with Crippen LogP contribution in [0.3, 0.4) is 0 Å². The van der Waals surface area contributed by atoms with Crippen molar-refractivity contribution < 1.29 is 19.0 Å². The molecule has 2 rings (SSSR count). The van der Waals surface area contributed by atoms with E-state index < -0.39 is 6.10 Å². The fourth-order valence-corrected chi connectivity index (χ4v) is 2.94. The average Bonchev–Trinajstić information content (AvgIpc) is 2.50. The zero-order valence-electron chi connectivity index (χ0n) is 13.1. The van der Waals surface area contributed by atoms with Crippen LogP contribution in [0, 0.1) is 5.82 Å². The minimum atomic E-state index is -0.505. The molecule has 0 radical (unpaired) electrons. The highest BCUT2D eigenvalue weighted by molar-refractivity contribution is 6.31. The molecule has 1 heterocycles. The Bertz CT molecular complexity index is 522. The van der Waals surface area contributed by atoms with Gasteiger partial charge in [-0.15, -0.1) is 0 Å². The van der Waals surface area contributed by atoms with E-state index in [1.165, 1.54) is 6.07 Å². The molecule has 1 aromatic carbocycles. The topological polar surface area (TPSA) is 61.8 Å². The van der Waals surface area contributed by atoms with Crippen molar-refractivity contribution in [3.63, 3.8) is 0 Å². The van der Waals surface area contributed by atoms with Gasteiger partial charge in [0.05, 0.1) is 25.4 Å². The summed E-state index contributed by atoms with van der Waals surface area (Å²) in [6, 6.07) is 4.15. The summed E-state index contributed by atoms with van der Waals surface area (Å²) < 4.78 is 19.1. The van der Waals surface area contributed by atoms with Crippen LogP contribution in [0.25, 0.3) is 0 Å². The van der Waals surface area contributed by atoms with Crippen LogP contribution >= 0.6 is 11.6 Å². The number of aliphatic hydroxyl groups is 1. The minimum Gasteiger partial charge on any atom is -0.393 e. The maximum atomic E-state index is 13.7. The van der Waals surface area contributed by atoms with Gasteiger partial charge in [0.25, 0.3) is 0 Å². The molecule has 2 N–H and O–H groups in total. The number of nitrogens with zero attached hydrogens (tertiary/aromatic N) is 1. The van der Waals surface area contributed by atoms with E-state index in [4.69, 9.17) is 16.3 Å². The van der Waals surface area contributed by atoms with Gasteiger partial charge in [0.15, 0.2) is 0 Å². The molecule has 0 bridgehead atoms. The van der Waals surface area contributed by atoms with Gasteiger partial charge in [-0.3, -0.25) is 0 Å². The van der Waals surface area contributed by atoms with E-state index >= 15 is 0 Å². The zero-order valence-corrected chi connectivity index (χ0v) is 13.9. The van der Waals surface area contributed by atoms with Crippen LogP contribution in [-0.2, 0) is 11.2 Å². The van der Waals surface area contributed by atoms with E-state index in [-0.39, 0.29) is 24.4 Å². The Labute approximate surface area is 140 Å². The molecule has 0 saturated carbocycles. The van der Waals surface area contributed by atoms with E-state index in [0.717, 1.165) is 0 Å². The summed E-state index contributed by atoms with van der Waals surface area (Å²) in [6.07, 6.45) is 0.282. The number of hydrogen-bond acceptors (Lipinski definition) is 3. The summed E-state index contributed by atoms with van der Waals surface area (Å²) in [4.78, 5) is 14.0. The van der Waals surface area contributed by atoms with Crippen molar-refractivity contribution in [3.8, 4) is 0 Å². The van der Waals surface area contributed by atoms with E-state index in [0.29, 0.717) is 43.2 Å². The molecule has 1 aromatic rings. The number of urea groups is 1. The molecule has 2 atom stereocenters. The molecule has 0 aliphatic carbocycles. The summed E-state index contributed by atoms with van der Waals surface area (Å²) in [7, 11) is 0. The summed E-state index contributed by atoms with van der Waals surface area (Å²) in [5.74, 6) is -0.370. The Hall–Kier alpha value is -1.37. The number of carbonyl (C=O) groups excluding carboxylic acids is 1. The van der Waals surface area contributed by atoms with Crippen LogP contribution in [-0.4, -0.2) is 54.5 Å². The van der Waals surface area contributed by atoms with Gasteiger partial charge in [-0.1, -0.05) is 17.7 Å². The molecule has 1 fully saturated rings. The predicted molar refractivity (Wildman–Crippen MR) is 86.1 cm³/mol. The monoisotopic (exact) mass is 344 g/mol. The van der Waals surface area contributed by atoms with Gasteiger partial charge in [0.2, 0.25) is 0 Å². The van der Waals surface area contributed by atoms with Crippen molar-refractivity contribution in [1.29, 1.82) is 0 Å². The Balaban J connectivity index is 1.88. The second kappa shape index (κ2) is 8.47. The second-order valence-corrected chi connectivity index (χ2v) is 6.10. The Morgan fingerprint density at radius 2 is 2.39 bits per heavy atom. The van der Waals surface area contributed by atoms with Gasteiger partial charge < -0.3 is 20.1 Å². The highest BCUT2D eigenvalue weighted by Gasteiger charge is 2.28. The van der Waals surface area contributed by atoms with Crippen LogP contribution in [0.4, 0.5) is 9.18 Å². The second-order valence-electron chi connectivity index (χ2n) is 5.69. The molecule has 5 nitrogen and oxygen atoms in total. The highest BCUT2D eigenvalue weighted by Crippen LogP contribution is 2.19. The Morgan fingerprint density at radius 3 is 3.09 bits per heavy atom. The third kappa shape index (κ3) is 5.06. The molecule has 7 heteroatoms. The van der Waals surface area contributed by atoms with E-state index in [9.17, 15) is 14.3 Å². The lowest BCUT2D eigenvalue weighted by Crippen LogP contribution is -2.53. The first kappa shape index (κ1) is 18.0. The van der Waals surface area contributed by atoms with Gasteiger partial charge >= 0.3 is 6.03 Å². The lowest BCUT2D eigenvalue weighted by atomic mass is 10.1. The number of morpholine rings is 1. The average molecular weight is 345 g/mol. The van der Waals surface area contributed by atoms with Crippen LogP contribution in [0.2, 0.25) is 5.02 Å². The summed E-state index contributed by atoms with van der Waals surface area (Å²) in [5, 5.41) is 12.7. The first-order valence-electron chi connectivity index (χ1n) is 7.72. The zero-order chi connectivity index (χ0) is 16.8. The molecule has 2 amide bonds. The predicted octanol–water partition coefficient (Wildman–Crippen LogP) is 2.20. The summed E-state index contributed by atoms with van der Waals surface area (Å²) in [5.41, 5.74) is 0.400. The third-order valence-corrected chi connectivity index (χ3v) is 4.17. The SMILES string of the molecule is C[C@@H](O)C[C@@H]1COCCN1C(=O)NCCc1c(F)cccc1Cl. The molecule has 1 aliphatic heterocycles. The van der Waals surface area contributed by atoms with Gasteiger partial charge in [0, 0.05) is 23.7 Å². The Morgan fingerprint density at radius 1 is 1.61 bits per heavy atom. The van der Waals surface area contributed by atoms with E-state index in [1.807, 2.05) is 0 Å². The van der Waals surface area contributed by atoms with Gasteiger partial charge in [-0.2, -0.15) is 0 Å². The number of rotatable bonds is 5. The van der Waals surface area contributed by atoms with Crippen molar-refractivity contribution in [2.75, 3.05) is 26.3 Å². The van der Waals surface area contributed by atoms with Crippen molar-refractivity contribution in [3.05, 3.63) is 34.6 Å². The highest BCUT2D eigenvalue weighted by atomic mass is 35.5. The molecule has 128 valence electrons. The number of amides is 2. The quantitative estimate of drug-likeness (QED) is 0.861. The van der Waals surface area contributed by atoms with E-state index in [2.05, 4.69) is 5.32 Å². The van der Waals surface area contributed by atoms with Gasteiger partial charge in [0.1, 0.15) is 5.82 Å². The number of hydrogen-bond donors (Lipinski definition) is 2. The molecular formula is C16H22ClFN2O3. The first-order chi connectivity index (χ1) is 11.0. The smallest absolute Gasteiger partial charge is 0.317 e. The maximum Gasteiger partial charge on any atom is 0.317 e. The van der Waals surface area contributed by atoms with Crippen molar-refractivity contribution in [2.45, 2.75) is 31.9 Å². The molecule has 23 heavy (non-hydrogen) atoms. The Kier molecular flexibility index (Phi) is 6.62. The van der Waals surface area contributed by atoms with Crippen LogP contribution in [0.1, 0.15) is 18.9 Å². The summed E-state index contributed by atoms with van der Waals surface area (Å²) >= 11 is 5.97. The third-order valence-electron chi connectivity index (χ3n) is 3.81. The number of carbonyl (C=O) groups is 1. The molecular weight excluding hydrogens is 323 g/mol. The minimum absolute atomic E-state index is 0.152. The largest absolute Gasteiger partial charge is 0.393 e. The number of ether oxygens (including phenoxy) is 1. The van der Waals surface area contributed by atoms with E-state index in [1.54, 1.807) is 24.0 Å². The first-order valence-corrected chi connectivity index (χ1v) is 8.10. The van der Waals surface area contributed by atoms with Crippen molar-refractivity contribution in [2.24, 2.45) is 0 Å². The number of aliphatic hydroxyl groups excluding tert-OH is 1. The number of halogens is 2. The molecule has 0 unspecified atom stereocenters. The van der Waals surface area contributed by atoms with Gasteiger partial charge in [-0.25, -0.2) is 9.18 Å². The molecule has 0 spiro atoms.